The number of methoxy groups -OCH3 is 2. The molecule has 37 heavy (non-hydrogen) atoms. The van der Waals surface area contributed by atoms with E-state index in [0.29, 0.717) is 40.2 Å². The number of carboxylic acids is 1. The Balaban J connectivity index is 0.000000206. The predicted molar refractivity (Wildman–Crippen MR) is 136 cm³/mol. The summed E-state index contributed by atoms with van der Waals surface area (Å²) < 4.78 is 21.5. The highest BCUT2D eigenvalue weighted by Gasteiger charge is 2.12. The van der Waals surface area contributed by atoms with Crippen LogP contribution in [0.2, 0.25) is 0 Å². The number of carboxylic acid groups (broad SMARTS) is 1. The fourth-order valence-corrected chi connectivity index (χ4v) is 2.97. The monoisotopic (exact) mass is 499 g/mol. The summed E-state index contributed by atoms with van der Waals surface area (Å²) in [6.45, 7) is 3.99. The van der Waals surface area contributed by atoms with Gasteiger partial charge in [0.05, 0.1) is 26.6 Å². The number of nitrogens with zero attached hydrogens (tertiary/aromatic N) is 3. The van der Waals surface area contributed by atoms with E-state index in [2.05, 4.69) is 9.97 Å². The highest BCUT2D eigenvalue weighted by Crippen LogP contribution is 2.32. The molecule has 0 fully saturated rings. The Bertz CT molecular complexity index is 1400. The second kappa shape index (κ2) is 12.6. The Kier molecular flexibility index (Phi) is 9.00. The van der Waals surface area contributed by atoms with Crippen LogP contribution in [-0.2, 0) is 0 Å². The first-order chi connectivity index (χ1) is 17.8. The van der Waals surface area contributed by atoms with Crippen LogP contribution in [0.5, 0.6) is 34.5 Å². The van der Waals surface area contributed by atoms with Crippen LogP contribution in [-0.4, -0.2) is 35.3 Å². The van der Waals surface area contributed by atoms with Crippen molar-refractivity contribution in [2.45, 2.75) is 13.8 Å². The lowest BCUT2D eigenvalue weighted by atomic mass is 10.2. The molecule has 0 bridgehead atoms. The van der Waals surface area contributed by atoms with E-state index < -0.39 is 5.97 Å². The highest BCUT2D eigenvalue weighted by atomic mass is 16.5. The molecule has 0 atom stereocenters. The maximum absolute atomic E-state index is 10.8. The van der Waals surface area contributed by atoms with E-state index >= 15 is 0 Å². The number of hydrogen-bond acceptors (Lipinski definition) is 8. The van der Waals surface area contributed by atoms with Gasteiger partial charge in [-0.15, -0.1) is 0 Å². The van der Waals surface area contributed by atoms with Crippen LogP contribution in [0.4, 0.5) is 0 Å². The van der Waals surface area contributed by atoms with Crippen molar-refractivity contribution < 1.29 is 28.8 Å². The maximum Gasteiger partial charge on any atom is 0.354 e. The number of aryl methyl sites for hydroxylation is 2. The zero-order valence-electron chi connectivity index (χ0n) is 20.8. The maximum atomic E-state index is 10.8. The third-order valence-corrected chi connectivity index (χ3v) is 4.93. The molecule has 4 rings (SSSR count). The SMILES string of the molecule is COc1cc(C#N)ncc1Oc1ccc(C)cc1.COc1cc(C(=O)O)ncc1Oc1ccc(C)cc1. The fourth-order valence-electron chi connectivity index (χ4n) is 2.97. The predicted octanol–water partition coefficient (Wildman–Crippen LogP) is 5.95. The molecule has 2 aromatic heterocycles. The highest BCUT2D eigenvalue weighted by molar-refractivity contribution is 5.86. The average Bonchev–Trinajstić information content (AvgIpc) is 2.92. The first-order valence-electron chi connectivity index (χ1n) is 11.0. The van der Waals surface area contributed by atoms with Gasteiger partial charge in [0.15, 0.2) is 28.7 Å². The lowest BCUT2D eigenvalue weighted by molar-refractivity contribution is 0.0690. The van der Waals surface area contributed by atoms with Crippen LogP contribution in [0.25, 0.3) is 0 Å². The Labute approximate surface area is 214 Å². The summed E-state index contributed by atoms with van der Waals surface area (Å²) in [6, 6.07) is 19.9. The van der Waals surface area contributed by atoms with Gasteiger partial charge >= 0.3 is 5.97 Å². The summed E-state index contributed by atoms with van der Waals surface area (Å²) in [6.07, 6.45) is 2.82. The minimum absolute atomic E-state index is 0.0897. The van der Waals surface area contributed by atoms with Crippen LogP contribution >= 0.6 is 0 Å². The zero-order chi connectivity index (χ0) is 26.8. The molecule has 9 nitrogen and oxygen atoms in total. The molecule has 1 N–H and O–H groups in total. The van der Waals surface area contributed by atoms with E-state index in [-0.39, 0.29) is 5.69 Å². The molecule has 0 aliphatic heterocycles. The lowest BCUT2D eigenvalue weighted by Gasteiger charge is -2.10. The van der Waals surface area contributed by atoms with Gasteiger partial charge in [-0.2, -0.15) is 5.26 Å². The van der Waals surface area contributed by atoms with Gasteiger partial charge in [-0.25, -0.2) is 14.8 Å². The molecular formula is C28H25N3O6. The lowest BCUT2D eigenvalue weighted by Crippen LogP contribution is -2.01. The molecule has 0 saturated carbocycles. The summed E-state index contributed by atoms with van der Waals surface area (Å²) in [7, 11) is 2.97. The average molecular weight is 500 g/mol. The third kappa shape index (κ3) is 7.44. The number of hydrogen-bond donors (Lipinski definition) is 1. The number of aromatic carboxylic acids is 1. The number of aromatic nitrogens is 2. The molecule has 4 aromatic rings. The number of rotatable bonds is 7. The van der Waals surface area contributed by atoms with Crippen molar-refractivity contribution in [2.24, 2.45) is 0 Å². The van der Waals surface area contributed by atoms with Crippen LogP contribution in [0.3, 0.4) is 0 Å². The molecular weight excluding hydrogens is 474 g/mol. The van der Waals surface area contributed by atoms with Crippen molar-refractivity contribution in [2.75, 3.05) is 14.2 Å². The minimum atomic E-state index is -1.11. The van der Waals surface area contributed by atoms with Gasteiger partial charge in [0, 0.05) is 12.1 Å². The molecule has 9 heteroatoms. The summed E-state index contributed by atoms with van der Waals surface area (Å²) in [5.41, 5.74) is 2.49. The standard InChI is InChI=1S/C14H12N2O2.C14H13NO4/c1-10-3-5-12(6-4-10)18-14-9-16-11(8-15)7-13(14)17-2;1-9-3-5-10(6-4-9)19-13-8-15-11(14(16)17)7-12(13)18-2/h3-7,9H,1-2H3;3-8H,1-2H3,(H,16,17). The van der Waals surface area contributed by atoms with E-state index in [9.17, 15) is 4.79 Å². The number of ether oxygens (including phenoxy) is 4. The number of nitriles is 1. The van der Waals surface area contributed by atoms with Gasteiger partial charge in [0.1, 0.15) is 23.3 Å². The van der Waals surface area contributed by atoms with Crippen LogP contribution in [0.1, 0.15) is 27.3 Å². The summed E-state index contributed by atoms with van der Waals surface area (Å²) in [5, 5.41) is 17.6. The molecule has 2 heterocycles. The molecule has 0 aliphatic carbocycles. The molecule has 0 amide bonds. The molecule has 0 radical (unpaired) electrons. The van der Waals surface area contributed by atoms with E-state index in [1.807, 2.05) is 68.4 Å². The van der Waals surface area contributed by atoms with Crippen molar-refractivity contribution in [3.05, 3.63) is 95.6 Å². The van der Waals surface area contributed by atoms with Crippen molar-refractivity contribution in [1.29, 1.82) is 5.26 Å². The first-order valence-corrected chi connectivity index (χ1v) is 11.0. The summed E-state index contributed by atoms with van der Waals surface area (Å²) in [4.78, 5) is 18.6. The van der Waals surface area contributed by atoms with Crippen LogP contribution in [0, 0.1) is 25.2 Å². The number of pyridine rings is 2. The minimum Gasteiger partial charge on any atom is -0.493 e. The van der Waals surface area contributed by atoms with Gasteiger partial charge in [-0.05, 0) is 38.1 Å². The Morgan fingerprint density at radius 2 is 1.22 bits per heavy atom. The molecule has 0 saturated heterocycles. The van der Waals surface area contributed by atoms with Crippen molar-refractivity contribution in [3.8, 4) is 40.6 Å². The third-order valence-electron chi connectivity index (χ3n) is 4.93. The van der Waals surface area contributed by atoms with Gasteiger partial charge in [-0.1, -0.05) is 35.4 Å². The molecule has 0 spiro atoms. The Hall–Kier alpha value is -5.10. The van der Waals surface area contributed by atoms with Crippen molar-refractivity contribution in [1.82, 2.24) is 9.97 Å². The number of benzene rings is 2. The molecule has 0 aliphatic rings. The largest absolute Gasteiger partial charge is 0.493 e. The quantitative estimate of drug-likeness (QED) is 0.328. The first kappa shape index (κ1) is 26.5. The van der Waals surface area contributed by atoms with Crippen molar-refractivity contribution in [3.63, 3.8) is 0 Å². The second-order valence-electron chi connectivity index (χ2n) is 7.69. The van der Waals surface area contributed by atoms with E-state index in [1.165, 1.54) is 32.7 Å². The fraction of sp³-hybridized carbons (Fsp3) is 0.143. The molecule has 188 valence electrons. The zero-order valence-corrected chi connectivity index (χ0v) is 20.8. The van der Waals surface area contributed by atoms with E-state index in [1.54, 1.807) is 6.07 Å². The summed E-state index contributed by atoms with van der Waals surface area (Å²) in [5.74, 6) is 1.89. The Morgan fingerprint density at radius 3 is 1.65 bits per heavy atom. The van der Waals surface area contributed by atoms with Crippen molar-refractivity contribution >= 4 is 5.97 Å². The van der Waals surface area contributed by atoms with Gasteiger partial charge < -0.3 is 24.1 Å². The smallest absolute Gasteiger partial charge is 0.354 e. The normalized spacial score (nSPS) is 9.81. The van der Waals surface area contributed by atoms with Crippen LogP contribution < -0.4 is 18.9 Å². The molecule has 2 aromatic carbocycles. The van der Waals surface area contributed by atoms with Gasteiger partial charge in [0.2, 0.25) is 0 Å². The van der Waals surface area contributed by atoms with Gasteiger partial charge in [0.25, 0.3) is 0 Å². The Morgan fingerprint density at radius 1 is 0.757 bits per heavy atom. The van der Waals surface area contributed by atoms with Gasteiger partial charge in [-0.3, -0.25) is 0 Å². The van der Waals surface area contributed by atoms with E-state index in [4.69, 9.17) is 29.3 Å². The van der Waals surface area contributed by atoms with E-state index in [0.717, 1.165) is 11.1 Å². The van der Waals surface area contributed by atoms with Crippen LogP contribution in [0.15, 0.2) is 73.1 Å². The number of carbonyl (C=O) groups is 1. The summed E-state index contributed by atoms with van der Waals surface area (Å²) >= 11 is 0. The second-order valence-corrected chi connectivity index (χ2v) is 7.69. The molecule has 0 unspecified atom stereocenters. The topological polar surface area (TPSA) is 124 Å².